The van der Waals surface area contributed by atoms with Crippen LogP contribution in [-0.2, 0) is 15.9 Å². The minimum atomic E-state index is 0. The summed E-state index contributed by atoms with van der Waals surface area (Å²) in [5, 5.41) is 3.46. The van der Waals surface area contributed by atoms with Crippen LogP contribution in [0.5, 0.6) is 0 Å². The number of nitrogens with two attached hydrogens (primary N) is 1. The van der Waals surface area contributed by atoms with Gasteiger partial charge >= 0.3 is 0 Å². The van der Waals surface area contributed by atoms with E-state index in [9.17, 15) is 0 Å². The monoisotopic (exact) mass is 318 g/mol. The average Bonchev–Trinajstić information content (AvgIpc) is 3.02. The van der Waals surface area contributed by atoms with E-state index in [-0.39, 0.29) is 25.2 Å². The van der Waals surface area contributed by atoms with Gasteiger partial charge in [0.05, 0.1) is 6.04 Å². The molecular weight excluding hydrogens is 300 g/mol. The highest BCUT2D eigenvalue weighted by Gasteiger charge is 2.20. The molecule has 0 fully saturated rings. The van der Waals surface area contributed by atoms with E-state index >= 15 is 0 Å². The number of ether oxygens (including phenoxy) is 2. The third kappa shape index (κ3) is 4.09. The second-order valence-corrected chi connectivity index (χ2v) is 4.96. The van der Waals surface area contributed by atoms with Crippen molar-refractivity contribution < 1.29 is 9.47 Å². The molecular formula is C17H19ClN2O2. The molecule has 1 aliphatic rings. The Hall–Kier alpha value is -2.33. The zero-order valence-corrected chi connectivity index (χ0v) is 12.9. The fourth-order valence-corrected chi connectivity index (χ4v) is 2.34. The Kier molecular flexibility index (Phi) is 5.55. The summed E-state index contributed by atoms with van der Waals surface area (Å²) in [5.74, 6) is 0.807. The van der Waals surface area contributed by atoms with Crippen LogP contribution in [0.3, 0.4) is 0 Å². The molecule has 0 aliphatic carbocycles. The molecule has 0 spiro atoms. The van der Waals surface area contributed by atoms with E-state index in [1.165, 1.54) is 5.56 Å². The molecule has 0 saturated heterocycles. The van der Waals surface area contributed by atoms with Crippen LogP contribution in [0.25, 0.3) is 0 Å². The minimum absolute atomic E-state index is 0. The summed E-state index contributed by atoms with van der Waals surface area (Å²) < 4.78 is 10.7. The van der Waals surface area contributed by atoms with E-state index in [4.69, 9.17) is 15.2 Å². The Labute approximate surface area is 136 Å². The Morgan fingerprint density at radius 3 is 2.59 bits per heavy atom. The first-order valence-corrected chi connectivity index (χ1v) is 6.92. The van der Waals surface area contributed by atoms with Crippen molar-refractivity contribution in [2.24, 2.45) is 0 Å². The van der Waals surface area contributed by atoms with Crippen molar-refractivity contribution in [1.82, 2.24) is 0 Å². The standard InChI is InChI=1S/C17H18N2O2.ClH/c18-14-7-4-8-15(10-14)19-16(17-11-20-12-21-17)9-13-5-2-1-3-6-13;/h1-8,10-11,16,19H,9,12,18H2;1H. The number of hydrogen-bond donors (Lipinski definition) is 2. The van der Waals surface area contributed by atoms with Gasteiger partial charge in [-0.1, -0.05) is 36.4 Å². The molecule has 3 N–H and O–H groups in total. The van der Waals surface area contributed by atoms with Gasteiger partial charge in [0.1, 0.15) is 6.26 Å². The van der Waals surface area contributed by atoms with E-state index in [2.05, 4.69) is 17.4 Å². The lowest BCUT2D eigenvalue weighted by molar-refractivity contribution is 0.0764. The van der Waals surface area contributed by atoms with Gasteiger partial charge in [-0.05, 0) is 30.2 Å². The van der Waals surface area contributed by atoms with Gasteiger partial charge < -0.3 is 20.5 Å². The van der Waals surface area contributed by atoms with Gasteiger partial charge in [-0.15, -0.1) is 12.4 Å². The van der Waals surface area contributed by atoms with Gasteiger partial charge in [0, 0.05) is 11.4 Å². The SMILES string of the molecule is Cl.Nc1cccc(NC(Cc2ccccc2)C2=COCO2)c1. The molecule has 0 aromatic heterocycles. The lowest BCUT2D eigenvalue weighted by Crippen LogP contribution is -2.25. The zero-order chi connectivity index (χ0) is 14.5. The van der Waals surface area contributed by atoms with Crippen LogP contribution in [0.1, 0.15) is 5.56 Å². The average molecular weight is 319 g/mol. The van der Waals surface area contributed by atoms with E-state index in [0.717, 1.165) is 23.6 Å². The molecule has 1 unspecified atom stereocenters. The molecule has 0 amide bonds. The van der Waals surface area contributed by atoms with Crippen molar-refractivity contribution in [3.63, 3.8) is 0 Å². The van der Waals surface area contributed by atoms with Crippen LogP contribution in [-0.4, -0.2) is 12.8 Å². The number of anilines is 2. The molecule has 116 valence electrons. The predicted molar refractivity (Wildman–Crippen MR) is 90.8 cm³/mol. The molecule has 1 heterocycles. The first-order chi connectivity index (χ1) is 10.3. The highest BCUT2D eigenvalue weighted by Crippen LogP contribution is 2.21. The van der Waals surface area contributed by atoms with Crippen molar-refractivity contribution in [2.75, 3.05) is 17.8 Å². The molecule has 0 bridgehead atoms. The van der Waals surface area contributed by atoms with Crippen molar-refractivity contribution in [3.05, 3.63) is 72.2 Å². The summed E-state index contributed by atoms with van der Waals surface area (Å²) in [5.41, 5.74) is 8.76. The fraction of sp³-hybridized carbons (Fsp3) is 0.176. The van der Waals surface area contributed by atoms with Gasteiger partial charge in [-0.3, -0.25) is 0 Å². The topological polar surface area (TPSA) is 56.5 Å². The molecule has 0 radical (unpaired) electrons. The second kappa shape index (κ2) is 7.61. The van der Waals surface area contributed by atoms with Crippen molar-refractivity contribution in [3.8, 4) is 0 Å². The summed E-state index contributed by atoms with van der Waals surface area (Å²) in [7, 11) is 0. The van der Waals surface area contributed by atoms with Crippen LogP contribution in [0.2, 0.25) is 0 Å². The highest BCUT2D eigenvalue weighted by atomic mass is 35.5. The van der Waals surface area contributed by atoms with Gasteiger partial charge in [-0.2, -0.15) is 0 Å². The molecule has 1 aliphatic heterocycles. The largest absolute Gasteiger partial charge is 0.462 e. The Morgan fingerprint density at radius 1 is 1.09 bits per heavy atom. The first-order valence-electron chi connectivity index (χ1n) is 6.92. The molecule has 3 rings (SSSR count). The Morgan fingerprint density at radius 2 is 1.91 bits per heavy atom. The normalized spacial score (nSPS) is 14.1. The minimum Gasteiger partial charge on any atom is -0.462 e. The van der Waals surface area contributed by atoms with E-state index < -0.39 is 0 Å². The molecule has 2 aromatic carbocycles. The maximum Gasteiger partial charge on any atom is 0.229 e. The van der Waals surface area contributed by atoms with E-state index in [1.54, 1.807) is 6.26 Å². The quantitative estimate of drug-likeness (QED) is 0.828. The number of halogens is 1. The van der Waals surface area contributed by atoms with Crippen LogP contribution in [0.4, 0.5) is 11.4 Å². The van der Waals surface area contributed by atoms with Crippen molar-refractivity contribution in [2.45, 2.75) is 12.5 Å². The zero-order valence-electron chi connectivity index (χ0n) is 12.1. The van der Waals surface area contributed by atoms with Crippen molar-refractivity contribution in [1.29, 1.82) is 0 Å². The summed E-state index contributed by atoms with van der Waals surface area (Å²) in [4.78, 5) is 0. The molecule has 4 nitrogen and oxygen atoms in total. The van der Waals surface area contributed by atoms with Crippen LogP contribution < -0.4 is 11.1 Å². The first kappa shape index (κ1) is 16.0. The van der Waals surface area contributed by atoms with Gasteiger partial charge in [-0.25, -0.2) is 0 Å². The lowest BCUT2D eigenvalue weighted by Gasteiger charge is -2.20. The number of rotatable bonds is 5. The van der Waals surface area contributed by atoms with Gasteiger partial charge in [0.2, 0.25) is 6.79 Å². The van der Waals surface area contributed by atoms with Crippen LogP contribution >= 0.6 is 12.4 Å². The smallest absolute Gasteiger partial charge is 0.229 e. The lowest BCUT2D eigenvalue weighted by atomic mass is 10.0. The molecule has 22 heavy (non-hydrogen) atoms. The number of benzene rings is 2. The summed E-state index contributed by atoms with van der Waals surface area (Å²) in [6, 6.07) is 18.0. The molecule has 2 aromatic rings. The maximum atomic E-state index is 5.83. The number of hydrogen-bond acceptors (Lipinski definition) is 4. The fourth-order valence-electron chi connectivity index (χ4n) is 2.34. The third-order valence-corrected chi connectivity index (χ3v) is 3.35. The third-order valence-electron chi connectivity index (χ3n) is 3.35. The van der Waals surface area contributed by atoms with Crippen molar-refractivity contribution >= 4 is 23.8 Å². The molecule has 1 atom stereocenters. The Bertz CT molecular complexity index is 632. The van der Waals surface area contributed by atoms with Gasteiger partial charge in [0.15, 0.2) is 5.76 Å². The number of nitrogens with one attached hydrogen (secondary N) is 1. The predicted octanol–water partition coefficient (Wildman–Crippen LogP) is 3.56. The summed E-state index contributed by atoms with van der Waals surface area (Å²) >= 11 is 0. The van der Waals surface area contributed by atoms with E-state index in [0.29, 0.717) is 0 Å². The highest BCUT2D eigenvalue weighted by molar-refractivity contribution is 5.85. The van der Waals surface area contributed by atoms with Gasteiger partial charge in [0.25, 0.3) is 0 Å². The second-order valence-electron chi connectivity index (χ2n) is 4.96. The van der Waals surface area contributed by atoms with Crippen LogP contribution in [0, 0.1) is 0 Å². The number of nitrogen functional groups attached to an aromatic ring is 1. The van der Waals surface area contributed by atoms with Crippen LogP contribution in [0.15, 0.2) is 66.6 Å². The molecule has 5 heteroatoms. The van der Waals surface area contributed by atoms with E-state index in [1.807, 2.05) is 42.5 Å². The molecule has 0 saturated carbocycles. The Balaban J connectivity index is 0.00000176. The summed E-state index contributed by atoms with van der Waals surface area (Å²) in [6.07, 6.45) is 2.48. The summed E-state index contributed by atoms with van der Waals surface area (Å²) in [6.45, 7) is 0.277. The maximum absolute atomic E-state index is 5.83.